The Morgan fingerprint density at radius 3 is 2.37 bits per heavy atom. The fourth-order valence-electron chi connectivity index (χ4n) is 6.37. The summed E-state index contributed by atoms with van der Waals surface area (Å²) in [6.45, 7) is 3.76. The van der Waals surface area contributed by atoms with Crippen LogP contribution in [0.3, 0.4) is 0 Å². The average molecular weight is 510 g/mol. The Morgan fingerprint density at radius 1 is 0.974 bits per heavy atom. The van der Waals surface area contributed by atoms with E-state index < -0.39 is 41.2 Å². The highest BCUT2D eigenvalue weighted by atomic mass is 16.4. The standard InChI is InChI=1S/C30H27N3O5/c1-16-11-17(2)13-19(12-16)33-27(35)24-25(28(33)36)30(29(37)38,32-26(24)21-8-4-6-10-23(21)34)14-18-15-31-22-9-5-3-7-20(18)22/h3-13,15,24-26,31-32,34H,14H2,1-2H3,(H,37,38)/t24-,25-,26+,30+/m0/s1. The number of aryl methyl sites for hydroxylation is 2. The first-order chi connectivity index (χ1) is 18.2. The van der Waals surface area contributed by atoms with Gasteiger partial charge in [-0.1, -0.05) is 42.5 Å². The van der Waals surface area contributed by atoms with Gasteiger partial charge in [-0.2, -0.15) is 0 Å². The number of carboxylic acids is 1. The van der Waals surface area contributed by atoms with Gasteiger partial charge in [0, 0.05) is 35.1 Å². The van der Waals surface area contributed by atoms with E-state index in [1.165, 1.54) is 6.07 Å². The highest BCUT2D eigenvalue weighted by Gasteiger charge is 2.69. The van der Waals surface area contributed by atoms with E-state index in [9.17, 15) is 24.6 Å². The number of carboxylic acid groups (broad SMARTS) is 1. The van der Waals surface area contributed by atoms with Crippen LogP contribution in [0.5, 0.6) is 5.75 Å². The molecule has 1 aromatic heterocycles. The fourth-order valence-corrected chi connectivity index (χ4v) is 6.37. The smallest absolute Gasteiger partial charge is 0.325 e. The maximum Gasteiger partial charge on any atom is 0.325 e. The molecule has 3 aromatic carbocycles. The Balaban J connectivity index is 1.53. The summed E-state index contributed by atoms with van der Waals surface area (Å²) in [6.07, 6.45) is 1.72. The minimum atomic E-state index is -1.79. The number of amides is 2. The van der Waals surface area contributed by atoms with Crippen LogP contribution < -0.4 is 10.2 Å². The molecule has 4 N–H and O–H groups in total. The molecule has 0 unspecified atom stereocenters. The molecule has 2 aliphatic rings. The topological polar surface area (TPSA) is 123 Å². The number of anilines is 1. The summed E-state index contributed by atoms with van der Waals surface area (Å²) in [5.74, 6) is -4.53. The SMILES string of the molecule is Cc1cc(C)cc(N2C(=O)[C@@H]3[C@@H](c4ccccc4O)N[C@@](Cc4c[nH]c5ccccc45)(C(=O)O)[C@@H]3C2=O)c1. The van der Waals surface area contributed by atoms with Crippen molar-refractivity contribution in [1.82, 2.24) is 10.3 Å². The number of para-hydroxylation sites is 2. The third kappa shape index (κ3) is 3.44. The summed E-state index contributed by atoms with van der Waals surface area (Å²) < 4.78 is 0. The zero-order valence-electron chi connectivity index (χ0n) is 20.9. The second-order valence-corrected chi connectivity index (χ2v) is 10.4. The Hall–Kier alpha value is -4.43. The molecule has 0 radical (unpaired) electrons. The molecule has 8 nitrogen and oxygen atoms in total. The lowest BCUT2D eigenvalue weighted by Crippen LogP contribution is -2.57. The number of fused-ring (bicyclic) bond motifs is 2. The number of aliphatic carboxylic acids is 1. The number of carbonyl (C=O) groups is 3. The summed E-state index contributed by atoms with van der Waals surface area (Å²) in [4.78, 5) is 45.6. The molecule has 4 atom stereocenters. The molecule has 0 aliphatic carbocycles. The quantitative estimate of drug-likeness (QED) is 0.302. The number of imide groups is 1. The molecule has 38 heavy (non-hydrogen) atoms. The van der Waals surface area contributed by atoms with E-state index in [1.807, 2.05) is 44.2 Å². The van der Waals surface area contributed by atoms with Crippen molar-refractivity contribution in [3.63, 3.8) is 0 Å². The molecule has 3 heterocycles. The highest BCUT2D eigenvalue weighted by Crippen LogP contribution is 2.52. The maximum absolute atomic E-state index is 14.1. The Labute approximate surface area is 218 Å². The van der Waals surface area contributed by atoms with Gasteiger partial charge in [-0.05, 0) is 54.8 Å². The summed E-state index contributed by atoms with van der Waals surface area (Å²) in [7, 11) is 0. The third-order valence-corrected chi connectivity index (χ3v) is 7.92. The van der Waals surface area contributed by atoms with Crippen molar-refractivity contribution >= 4 is 34.4 Å². The number of hydrogen-bond donors (Lipinski definition) is 4. The van der Waals surface area contributed by atoms with Crippen LogP contribution in [0.1, 0.15) is 28.3 Å². The van der Waals surface area contributed by atoms with Gasteiger partial charge in [-0.25, -0.2) is 4.90 Å². The van der Waals surface area contributed by atoms with Crippen molar-refractivity contribution < 1.29 is 24.6 Å². The summed E-state index contributed by atoms with van der Waals surface area (Å²) in [6, 6.07) is 18.7. The van der Waals surface area contributed by atoms with E-state index >= 15 is 0 Å². The number of rotatable bonds is 5. The van der Waals surface area contributed by atoms with E-state index in [1.54, 1.807) is 36.5 Å². The first-order valence-corrected chi connectivity index (χ1v) is 12.5. The number of benzene rings is 3. The Bertz CT molecular complexity index is 1600. The fraction of sp³-hybridized carbons (Fsp3) is 0.233. The zero-order valence-corrected chi connectivity index (χ0v) is 20.9. The predicted molar refractivity (Wildman–Crippen MR) is 142 cm³/mol. The van der Waals surface area contributed by atoms with Gasteiger partial charge in [0.05, 0.1) is 17.5 Å². The van der Waals surface area contributed by atoms with Crippen molar-refractivity contribution in [2.24, 2.45) is 11.8 Å². The van der Waals surface area contributed by atoms with Crippen molar-refractivity contribution in [2.75, 3.05) is 4.90 Å². The molecule has 8 heteroatoms. The van der Waals surface area contributed by atoms with Gasteiger partial charge in [-0.3, -0.25) is 19.7 Å². The lowest BCUT2D eigenvalue weighted by molar-refractivity contribution is -0.148. The van der Waals surface area contributed by atoms with Crippen LogP contribution in [0, 0.1) is 25.7 Å². The molecule has 2 saturated heterocycles. The molecule has 0 saturated carbocycles. The van der Waals surface area contributed by atoms with Crippen LogP contribution in [0.2, 0.25) is 0 Å². The van der Waals surface area contributed by atoms with Gasteiger partial charge >= 0.3 is 5.97 Å². The highest BCUT2D eigenvalue weighted by molar-refractivity contribution is 6.24. The molecule has 2 fully saturated rings. The van der Waals surface area contributed by atoms with Crippen LogP contribution in [-0.2, 0) is 20.8 Å². The van der Waals surface area contributed by atoms with E-state index in [-0.39, 0.29) is 12.2 Å². The molecule has 0 bridgehead atoms. The van der Waals surface area contributed by atoms with Crippen LogP contribution in [0.25, 0.3) is 10.9 Å². The summed E-state index contributed by atoms with van der Waals surface area (Å²) >= 11 is 0. The van der Waals surface area contributed by atoms with Gasteiger partial charge in [0.25, 0.3) is 0 Å². The molecule has 0 spiro atoms. The van der Waals surface area contributed by atoms with E-state index in [0.717, 1.165) is 32.5 Å². The van der Waals surface area contributed by atoms with E-state index in [0.29, 0.717) is 11.3 Å². The number of aromatic hydroxyl groups is 1. The molecular formula is C30H27N3O5. The van der Waals surface area contributed by atoms with Crippen LogP contribution in [0.15, 0.2) is 72.9 Å². The van der Waals surface area contributed by atoms with Crippen molar-refractivity contribution in [1.29, 1.82) is 0 Å². The van der Waals surface area contributed by atoms with Crippen molar-refractivity contribution in [3.05, 3.63) is 95.2 Å². The predicted octanol–water partition coefficient (Wildman–Crippen LogP) is 4.01. The van der Waals surface area contributed by atoms with Crippen molar-refractivity contribution in [2.45, 2.75) is 31.8 Å². The van der Waals surface area contributed by atoms with Gasteiger partial charge in [-0.15, -0.1) is 0 Å². The minimum Gasteiger partial charge on any atom is -0.508 e. The lowest BCUT2D eigenvalue weighted by Gasteiger charge is -2.31. The second kappa shape index (κ2) is 8.56. The summed E-state index contributed by atoms with van der Waals surface area (Å²) in [5.41, 5.74) is 2.36. The molecule has 192 valence electrons. The lowest BCUT2D eigenvalue weighted by atomic mass is 9.76. The first kappa shape index (κ1) is 23.9. The Morgan fingerprint density at radius 2 is 1.66 bits per heavy atom. The van der Waals surface area contributed by atoms with Gasteiger partial charge in [0.2, 0.25) is 11.8 Å². The number of nitrogens with one attached hydrogen (secondary N) is 2. The second-order valence-electron chi connectivity index (χ2n) is 10.4. The van der Waals surface area contributed by atoms with Gasteiger partial charge in [0.1, 0.15) is 11.3 Å². The zero-order chi connectivity index (χ0) is 26.8. The largest absolute Gasteiger partial charge is 0.508 e. The number of hydrogen-bond acceptors (Lipinski definition) is 5. The van der Waals surface area contributed by atoms with Gasteiger partial charge in [0.15, 0.2) is 0 Å². The average Bonchev–Trinajstić information content (AvgIpc) is 3.51. The van der Waals surface area contributed by atoms with Crippen molar-refractivity contribution in [3.8, 4) is 5.75 Å². The Kier molecular flexibility index (Phi) is 5.39. The number of nitrogens with zero attached hydrogens (tertiary/aromatic N) is 1. The van der Waals surface area contributed by atoms with Crippen LogP contribution >= 0.6 is 0 Å². The molecule has 4 aromatic rings. The molecule has 2 amide bonds. The normalized spacial score (nSPS) is 24.8. The first-order valence-electron chi connectivity index (χ1n) is 12.5. The number of aromatic nitrogens is 1. The van der Waals surface area contributed by atoms with Gasteiger partial charge < -0.3 is 15.2 Å². The molecular weight excluding hydrogens is 482 g/mol. The number of phenolic OH excluding ortho intramolecular Hbond substituents is 1. The third-order valence-electron chi connectivity index (χ3n) is 7.92. The summed E-state index contributed by atoms with van der Waals surface area (Å²) in [5, 5.41) is 25.5. The van der Waals surface area contributed by atoms with E-state index in [2.05, 4.69) is 10.3 Å². The number of aromatic amines is 1. The van der Waals surface area contributed by atoms with E-state index in [4.69, 9.17) is 0 Å². The number of carbonyl (C=O) groups excluding carboxylic acids is 2. The van der Waals surface area contributed by atoms with Crippen LogP contribution in [0.4, 0.5) is 5.69 Å². The maximum atomic E-state index is 14.1. The molecule has 2 aliphatic heterocycles. The minimum absolute atomic E-state index is 0.0304. The molecule has 6 rings (SSSR count). The number of phenols is 1. The number of H-pyrrole nitrogens is 1. The van der Waals surface area contributed by atoms with Crippen LogP contribution in [-0.4, -0.2) is 38.5 Å². The monoisotopic (exact) mass is 509 g/mol.